The zero-order chi connectivity index (χ0) is 12.3. The Morgan fingerprint density at radius 2 is 2.06 bits per heavy atom. The predicted octanol–water partition coefficient (Wildman–Crippen LogP) is 2.64. The van der Waals surface area contributed by atoms with Gasteiger partial charge in [0.2, 0.25) is 0 Å². The van der Waals surface area contributed by atoms with Gasteiger partial charge >= 0.3 is 0 Å². The molecule has 0 amide bonds. The van der Waals surface area contributed by atoms with Crippen molar-refractivity contribution in [3.63, 3.8) is 0 Å². The zero-order valence-corrected chi connectivity index (χ0v) is 10.1. The van der Waals surface area contributed by atoms with E-state index in [-0.39, 0.29) is 11.2 Å². The number of nitrogen functional groups attached to an aromatic ring is 1. The minimum Gasteiger partial charge on any atom is -0.399 e. The normalized spacial score (nSPS) is 18.9. The molecule has 4 heteroatoms. The largest absolute Gasteiger partial charge is 0.399 e. The van der Waals surface area contributed by atoms with Crippen molar-refractivity contribution < 1.29 is 9.13 Å². The quantitative estimate of drug-likeness (QED) is 0.796. The van der Waals surface area contributed by atoms with Crippen LogP contribution in [0.3, 0.4) is 0 Å². The van der Waals surface area contributed by atoms with Gasteiger partial charge in [-0.1, -0.05) is 6.92 Å². The topological polar surface area (TPSA) is 47.3 Å². The number of halogens is 1. The number of nitrogens with two attached hydrogens (primary N) is 1. The van der Waals surface area contributed by atoms with Crippen molar-refractivity contribution in [3.05, 3.63) is 24.0 Å². The van der Waals surface area contributed by atoms with E-state index in [1.165, 1.54) is 12.1 Å². The third kappa shape index (κ3) is 3.33. The second kappa shape index (κ2) is 4.92. The number of anilines is 2. The molecule has 0 unspecified atom stereocenters. The summed E-state index contributed by atoms with van der Waals surface area (Å²) in [6.07, 6.45) is 2.07. The lowest BCUT2D eigenvalue weighted by molar-refractivity contribution is 0.0300. The second-order valence-corrected chi connectivity index (χ2v) is 5.05. The highest BCUT2D eigenvalue weighted by molar-refractivity contribution is 5.54. The Hall–Kier alpha value is -1.29. The van der Waals surface area contributed by atoms with Crippen LogP contribution in [0.4, 0.5) is 15.8 Å². The fourth-order valence-corrected chi connectivity index (χ4v) is 2.07. The minimum absolute atomic E-state index is 0.222. The number of ether oxygens (including phenoxy) is 1. The minimum atomic E-state index is -0.301. The first-order valence-electron chi connectivity index (χ1n) is 5.95. The molecular formula is C13H19FN2O. The van der Waals surface area contributed by atoms with Gasteiger partial charge in [0.25, 0.3) is 0 Å². The SMILES string of the molecule is CC1(CNc2cc(N)cc(F)c2)CCOCC1. The maximum absolute atomic E-state index is 13.1. The van der Waals surface area contributed by atoms with E-state index >= 15 is 0 Å². The molecule has 17 heavy (non-hydrogen) atoms. The molecule has 0 spiro atoms. The van der Waals surface area contributed by atoms with Crippen molar-refractivity contribution in [3.8, 4) is 0 Å². The summed E-state index contributed by atoms with van der Waals surface area (Å²) < 4.78 is 18.5. The fourth-order valence-electron chi connectivity index (χ4n) is 2.07. The third-order valence-electron chi connectivity index (χ3n) is 3.34. The van der Waals surface area contributed by atoms with Crippen LogP contribution in [0.15, 0.2) is 18.2 Å². The summed E-state index contributed by atoms with van der Waals surface area (Å²) in [5, 5.41) is 3.26. The van der Waals surface area contributed by atoms with Crippen molar-refractivity contribution in [1.29, 1.82) is 0 Å². The summed E-state index contributed by atoms with van der Waals surface area (Å²) in [6, 6.07) is 4.55. The molecule has 0 saturated carbocycles. The van der Waals surface area contributed by atoms with Crippen LogP contribution in [0.2, 0.25) is 0 Å². The average molecular weight is 238 g/mol. The average Bonchev–Trinajstić information content (AvgIpc) is 2.26. The molecule has 2 rings (SSSR count). The van der Waals surface area contributed by atoms with Crippen molar-refractivity contribution in [1.82, 2.24) is 0 Å². The Morgan fingerprint density at radius 1 is 1.35 bits per heavy atom. The molecule has 1 aromatic carbocycles. The van der Waals surface area contributed by atoms with Gasteiger partial charge in [-0.05, 0) is 36.5 Å². The van der Waals surface area contributed by atoms with Crippen molar-refractivity contribution in [2.75, 3.05) is 30.8 Å². The highest BCUT2D eigenvalue weighted by atomic mass is 19.1. The van der Waals surface area contributed by atoms with Gasteiger partial charge in [0, 0.05) is 31.1 Å². The summed E-state index contributed by atoms with van der Waals surface area (Å²) in [4.78, 5) is 0. The van der Waals surface area contributed by atoms with Crippen LogP contribution >= 0.6 is 0 Å². The summed E-state index contributed by atoms with van der Waals surface area (Å²) >= 11 is 0. The Morgan fingerprint density at radius 3 is 2.71 bits per heavy atom. The summed E-state index contributed by atoms with van der Waals surface area (Å²) in [5.74, 6) is -0.301. The Kier molecular flexibility index (Phi) is 3.52. The molecule has 3 nitrogen and oxygen atoms in total. The molecule has 0 bridgehead atoms. The van der Waals surface area contributed by atoms with Gasteiger partial charge in [0.15, 0.2) is 0 Å². The molecule has 1 aliphatic heterocycles. The number of benzene rings is 1. The molecular weight excluding hydrogens is 219 g/mol. The van der Waals surface area contributed by atoms with Crippen molar-refractivity contribution in [2.45, 2.75) is 19.8 Å². The third-order valence-corrected chi connectivity index (χ3v) is 3.34. The van der Waals surface area contributed by atoms with Gasteiger partial charge < -0.3 is 15.8 Å². The van der Waals surface area contributed by atoms with E-state index in [0.717, 1.165) is 38.3 Å². The molecule has 0 atom stereocenters. The molecule has 0 aromatic heterocycles. The Bertz CT molecular complexity index is 369. The lowest BCUT2D eigenvalue weighted by Gasteiger charge is -2.33. The van der Waals surface area contributed by atoms with Crippen molar-refractivity contribution >= 4 is 11.4 Å². The fraction of sp³-hybridized carbons (Fsp3) is 0.538. The van der Waals surface area contributed by atoms with E-state index < -0.39 is 0 Å². The van der Waals surface area contributed by atoms with Gasteiger partial charge in [-0.2, -0.15) is 0 Å². The van der Waals surface area contributed by atoms with Gasteiger partial charge in [0.1, 0.15) is 5.82 Å². The highest BCUT2D eigenvalue weighted by Crippen LogP contribution is 2.30. The van der Waals surface area contributed by atoms with Crippen molar-refractivity contribution in [2.24, 2.45) is 5.41 Å². The molecule has 1 aliphatic rings. The molecule has 0 radical (unpaired) electrons. The maximum atomic E-state index is 13.1. The van der Waals surface area contributed by atoms with E-state index in [1.807, 2.05) is 0 Å². The zero-order valence-electron chi connectivity index (χ0n) is 10.1. The van der Waals surface area contributed by atoms with Gasteiger partial charge in [-0.15, -0.1) is 0 Å². The van der Waals surface area contributed by atoms with Crippen LogP contribution in [0, 0.1) is 11.2 Å². The van der Waals surface area contributed by atoms with Crippen LogP contribution in [0.1, 0.15) is 19.8 Å². The lowest BCUT2D eigenvalue weighted by Crippen LogP contribution is -2.33. The molecule has 0 aliphatic carbocycles. The second-order valence-electron chi connectivity index (χ2n) is 5.05. The lowest BCUT2D eigenvalue weighted by atomic mass is 9.82. The first-order valence-corrected chi connectivity index (χ1v) is 5.95. The Labute approximate surface area is 101 Å². The van der Waals surface area contributed by atoms with Crippen LogP contribution in [0.25, 0.3) is 0 Å². The standard InChI is InChI=1S/C13H19FN2O/c1-13(2-4-17-5-3-13)9-16-12-7-10(14)6-11(15)8-12/h6-8,16H,2-5,9,15H2,1H3. The van der Waals surface area contributed by atoms with E-state index in [9.17, 15) is 4.39 Å². The predicted molar refractivity (Wildman–Crippen MR) is 67.5 cm³/mol. The summed E-state index contributed by atoms with van der Waals surface area (Å²) in [7, 11) is 0. The van der Waals surface area contributed by atoms with E-state index in [1.54, 1.807) is 6.07 Å². The van der Waals surface area contributed by atoms with Gasteiger partial charge in [-0.3, -0.25) is 0 Å². The molecule has 1 heterocycles. The molecule has 3 N–H and O–H groups in total. The highest BCUT2D eigenvalue weighted by Gasteiger charge is 2.26. The van der Waals surface area contributed by atoms with E-state index in [0.29, 0.717) is 5.69 Å². The van der Waals surface area contributed by atoms with Crippen LogP contribution in [-0.4, -0.2) is 19.8 Å². The summed E-state index contributed by atoms with van der Waals surface area (Å²) in [6.45, 7) is 4.66. The molecule has 1 saturated heterocycles. The van der Waals surface area contributed by atoms with Gasteiger partial charge in [0.05, 0.1) is 0 Å². The Balaban J connectivity index is 1.96. The van der Waals surface area contributed by atoms with Crippen LogP contribution in [-0.2, 0) is 4.74 Å². The van der Waals surface area contributed by atoms with Gasteiger partial charge in [-0.25, -0.2) is 4.39 Å². The van der Waals surface area contributed by atoms with E-state index in [4.69, 9.17) is 10.5 Å². The summed E-state index contributed by atoms with van der Waals surface area (Å²) in [5.41, 5.74) is 7.02. The smallest absolute Gasteiger partial charge is 0.127 e. The number of nitrogens with one attached hydrogen (secondary N) is 1. The first kappa shape index (κ1) is 12.2. The number of hydrogen-bond donors (Lipinski definition) is 2. The van der Waals surface area contributed by atoms with Crippen LogP contribution in [0.5, 0.6) is 0 Å². The maximum Gasteiger partial charge on any atom is 0.127 e. The first-order chi connectivity index (χ1) is 8.07. The van der Waals surface area contributed by atoms with E-state index in [2.05, 4.69) is 12.2 Å². The number of rotatable bonds is 3. The van der Waals surface area contributed by atoms with Crippen LogP contribution < -0.4 is 11.1 Å². The molecule has 94 valence electrons. The monoisotopic (exact) mass is 238 g/mol. The molecule has 1 aromatic rings. The molecule has 1 fully saturated rings. The number of hydrogen-bond acceptors (Lipinski definition) is 3.